The summed E-state index contributed by atoms with van der Waals surface area (Å²) >= 11 is 0. The van der Waals surface area contributed by atoms with Gasteiger partial charge >= 0.3 is 0 Å². The third kappa shape index (κ3) is 3.25. The van der Waals surface area contributed by atoms with Crippen molar-refractivity contribution in [2.75, 3.05) is 39.9 Å². The molecule has 0 aromatic heterocycles. The molecule has 7 heteroatoms. The molecule has 118 valence electrons. The highest BCUT2D eigenvalue weighted by atomic mass is 19.3. The SMILES string of the molecule is COc1cccc(O)c1[C@H](N1CCNCC1)C(F)(F)CO. The quantitative estimate of drug-likeness (QED) is 0.756. The summed E-state index contributed by atoms with van der Waals surface area (Å²) < 4.78 is 33.7. The van der Waals surface area contributed by atoms with E-state index < -0.39 is 18.6 Å². The molecule has 2 rings (SSSR count). The van der Waals surface area contributed by atoms with Crippen LogP contribution in [0.25, 0.3) is 0 Å². The molecule has 1 aromatic carbocycles. The van der Waals surface area contributed by atoms with Gasteiger partial charge in [0.1, 0.15) is 24.1 Å². The Kier molecular flexibility index (Phi) is 4.97. The summed E-state index contributed by atoms with van der Waals surface area (Å²) in [6, 6.07) is 2.97. The largest absolute Gasteiger partial charge is 0.507 e. The number of halogens is 2. The van der Waals surface area contributed by atoms with E-state index in [1.54, 1.807) is 4.90 Å². The first kappa shape index (κ1) is 15.9. The van der Waals surface area contributed by atoms with Crippen LogP contribution in [-0.2, 0) is 0 Å². The first-order valence-electron chi connectivity index (χ1n) is 6.80. The fourth-order valence-electron chi connectivity index (χ4n) is 2.67. The second-order valence-corrected chi connectivity index (χ2v) is 5.00. The van der Waals surface area contributed by atoms with Crippen molar-refractivity contribution in [3.8, 4) is 11.5 Å². The molecule has 0 amide bonds. The predicted octanol–water partition coefficient (Wildman–Crippen LogP) is 0.975. The Morgan fingerprint density at radius 3 is 2.62 bits per heavy atom. The van der Waals surface area contributed by atoms with E-state index >= 15 is 0 Å². The minimum Gasteiger partial charge on any atom is -0.507 e. The molecule has 1 aromatic rings. The van der Waals surface area contributed by atoms with E-state index in [1.165, 1.54) is 25.3 Å². The van der Waals surface area contributed by atoms with Crippen LogP contribution in [0.4, 0.5) is 8.78 Å². The van der Waals surface area contributed by atoms with Crippen molar-refractivity contribution in [1.82, 2.24) is 10.2 Å². The van der Waals surface area contributed by atoms with Gasteiger partial charge in [0, 0.05) is 26.2 Å². The Hall–Kier alpha value is -1.44. The van der Waals surface area contributed by atoms with Crippen molar-refractivity contribution >= 4 is 0 Å². The number of piperazine rings is 1. The summed E-state index contributed by atoms with van der Waals surface area (Å²) in [6.07, 6.45) is 0. The van der Waals surface area contributed by atoms with Crippen molar-refractivity contribution in [3.63, 3.8) is 0 Å². The van der Waals surface area contributed by atoms with Gasteiger partial charge in [-0.1, -0.05) is 6.07 Å². The third-order valence-electron chi connectivity index (χ3n) is 3.66. The van der Waals surface area contributed by atoms with Crippen molar-refractivity contribution in [3.05, 3.63) is 23.8 Å². The van der Waals surface area contributed by atoms with Crippen molar-refractivity contribution < 1.29 is 23.7 Å². The monoisotopic (exact) mass is 302 g/mol. The van der Waals surface area contributed by atoms with E-state index in [2.05, 4.69) is 5.32 Å². The van der Waals surface area contributed by atoms with Gasteiger partial charge in [-0.25, -0.2) is 8.78 Å². The molecule has 0 radical (unpaired) electrons. The molecule has 1 heterocycles. The Bertz CT molecular complexity index is 479. The number of rotatable bonds is 5. The van der Waals surface area contributed by atoms with Gasteiger partial charge in [-0.3, -0.25) is 4.90 Å². The lowest BCUT2D eigenvalue weighted by Crippen LogP contribution is -2.51. The molecule has 1 fully saturated rings. The molecular weight excluding hydrogens is 282 g/mol. The van der Waals surface area contributed by atoms with Gasteiger partial charge in [0.05, 0.1) is 12.7 Å². The number of benzene rings is 1. The number of aliphatic hydroxyl groups excluding tert-OH is 1. The van der Waals surface area contributed by atoms with Crippen molar-refractivity contribution in [2.45, 2.75) is 12.0 Å². The van der Waals surface area contributed by atoms with E-state index in [1.807, 2.05) is 0 Å². The second-order valence-electron chi connectivity index (χ2n) is 5.00. The molecule has 3 N–H and O–H groups in total. The Balaban J connectivity index is 2.49. The van der Waals surface area contributed by atoms with Crippen molar-refractivity contribution in [1.29, 1.82) is 0 Å². The summed E-state index contributed by atoms with van der Waals surface area (Å²) in [7, 11) is 1.37. The molecule has 0 saturated carbocycles. The molecule has 0 spiro atoms. The van der Waals surface area contributed by atoms with E-state index in [-0.39, 0.29) is 17.1 Å². The molecule has 0 bridgehead atoms. The molecular formula is C14H20F2N2O3. The number of aliphatic hydroxyl groups is 1. The van der Waals surface area contributed by atoms with E-state index in [4.69, 9.17) is 9.84 Å². The van der Waals surface area contributed by atoms with Crippen LogP contribution in [0.5, 0.6) is 11.5 Å². The highest BCUT2D eigenvalue weighted by Gasteiger charge is 2.46. The summed E-state index contributed by atoms with van der Waals surface area (Å²) in [4.78, 5) is 1.56. The minimum absolute atomic E-state index is 0.0148. The highest BCUT2D eigenvalue weighted by molar-refractivity contribution is 5.47. The van der Waals surface area contributed by atoms with Crippen LogP contribution in [0.3, 0.4) is 0 Å². The van der Waals surface area contributed by atoms with E-state index in [9.17, 15) is 13.9 Å². The zero-order valence-electron chi connectivity index (χ0n) is 11.9. The average molecular weight is 302 g/mol. The average Bonchev–Trinajstić information content (AvgIpc) is 2.50. The maximum Gasteiger partial charge on any atom is 0.290 e. The molecule has 1 aliphatic rings. The highest BCUT2D eigenvalue weighted by Crippen LogP contribution is 2.44. The zero-order chi connectivity index (χ0) is 15.5. The molecule has 5 nitrogen and oxygen atoms in total. The predicted molar refractivity (Wildman–Crippen MR) is 73.9 cm³/mol. The summed E-state index contributed by atoms with van der Waals surface area (Å²) in [5, 5.41) is 22.2. The number of hydrogen-bond donors (Lipinski definition) is 3. The van der Waals surface area contributed by atoms with E-state index in [0.717, 1.165) is 0 Å². The van der Waals surface area contributed by atoms with Gasteiger partial charge < -0.3 is 20.3 Å². The maximum absolute atomic E-state index is 14.3. The van der Waals surface area contributed by atoms with Crippen molar-refractivity contribution in [2.24, 2.45) is 0 Å². The number of ether oxygens (including phenoxy) is 1. The van der Waals surface area contributed by atoms with Crippen LogP contribution in [0, 0.1) is 0 Å². The molecule has 0 aliphatic carbocycles. The number of nitrogens with one attached hydrogen (secondary N) is 1. The normalized spacial score (nSPS) is 18.5. The van der Waals surface area contributed by atoms with Crippen LogP contribution < -0.4 is 10.1 Å². The molecule has 1 aliphatic heterocycles. The Labute approximate surface area is 122 Å². The Morgan fingerprint density at radius 2 is 2.05 bits per heavy atom. The standard InChI is InChI=1S/C14H20F2N2O3/c1-21-11-4-2-3-10(20)12(11)13(14(15,16)9-19)18-7-5-17-6-8-18/h2-4,13,17,19-20H,5-9H2,1H3/t13-/m0/s1. The topological polar surface area (TPSA) is 65.0 Å². The number of methoxy groups -OCH3 is 1. The number of aromatic hydroxyl groups is 1. The summed E-state index contributed by atoms with van der Waals surface area (Å²) in [6.45, 7) is 0.663. The van der Waals surface area contributed by atoms with Crippen LogP contribution in [0.2, 0.25) is 0 Å². The number of phenolic OH excluding ortho intramolecular Hbond substituents is 1. The second kappa shape index (κ2) is 6.55. The third-order valence-corrected chi connectivity index (χ3v) is 3.66. The van der Waals surface area contributed by atoms with Crippen LogP contribution in [0.1, 0.15) is 11.6 Å². The fraction of sp³-hybridized carbons (Fsp3) is 0.571. The van der Waals surface area contributed by atoms with Gasteiger partial charge in [0.15, 0.2) is 0 Å². The van der Waals surface area contributed by atoms with Gasteiger partial charge in [0.25, 0.3) is 5.92 Å². The van der Waals surface area contributed by atoms with Crippen LogP contribution >= 0.6 is 0 Å². The summed E-state index contributed by atoms with van der Waals surface area (Å²) in [5.41, 5.74) is 0.0148. The van der Waals surface area contributed by atoms with Gasteiger partial charge in [-0.15, -0.1) is 0 Å². The fourth-order valence-corrected chi connectivity index (χ4v) is 2.67. The zero-order valence-corrected chi connectivity index (χ0v) is 11.9. The lowest BCUT2D eigenvalue weighted by molar-refractivity contribution is -0.119. The lowest BCUT2D eigenvalue weighted by atomic mass is 9.96. The molecule has 0 unspecified atom stereocenters. The van der Waals surface area contributed by atoms with E-state index in [0.29, 0.717) is 26.2 Å². The summed E-state index contributed by atoms with van der Waals surface area (Å²) in [5.74, 6) is -3.46. The first-order chi connectivity index (χ1) is 10.0. The van der Waals surface area contributed by atoms with Gasteiger partial charge in [-0.2, -0.15) is 0 Å². The lowest BCUT2D eigenvalue weighted by Gasteiger charge is -2.39. The molecule has 21 heavy (non-hydrogen) atoms. The number of alkyl halides is 2. The van der Waals surface area contributed by atoms with Gasteiger partial charge in [-0.05, 0) is 12.1 Å². The molecule has 1 saturated heterocycles. The maximum atomic E-state index is 14.3. The number of hydrogen-bond acceptors (Lipinski definition) is 5. The Morgan fingerprint density at radius 1 is 1.38 bits per heavy atom. The smallest absolute Gasteiger partial charge is 0.290 e. The van der Waals surface area contributed by atoms with Crippen LogP contribution in [-0.4, -0.2) is 60.9 Å². The minimum atomic E-state index is -3.39. The number of nitrogens with zero attached hydrogens (tertiary/aromatic N) is 1. The number of phenols is 1. The first-order valence-corrected chi connectivity index (χ1v) is 6.80. The van der Waals surface area contributed by atoms with Gasteiger partial charge in [0.2, 0.25) is 0 Å². The molecule has 1 atom stereocenters. The van der Waals surface area contributed by atoms with Crippen LogP contribution in [0.15, 0.2) is 18.2 Å².